The molecule has 5 nitrogen and oxygen atoms in total. The Balaban J connectivity index is 1.43. The third-order valence-corrected chi connectivity index (χ3v) is 4.41. The lowest BCUT2D eigenvalue weighted by Crippen LogP contribution is -2.38. The van der Waals surface area contributed by atoms with E-state index in [4.69, 9.17) is 9.15 Å². The van der Waals surface area contributed by atoms with E-state index in [-0.39, 0.29) is 0 Å². The van der Waals surface area contributed by atoms with Crippen molar-refractivity contribution in [2.45, 2.75) is 33.1 Å². The monoisotopic (exact) mass is 391 g/mol. The molecular weight excluding hydrogens is 362 g/mol. The predicted molar refractivity (Wildman–Crippen MR) is 117 cm³/mol. The Bertz CT molecular complexity index is 844. The zero-order chi connectivity index (χ0) is 20.2. The molecule has 0 aliphatic heterocycles. The van der Waals surface area contributed by atoms with Crippen molar-refractivity contribution in [3.8, 4) is 0 Å². The second kappa shape index (κ2) is 11.7. The number of nitrogens with one attached hydrogen (secondary N) is 2. The Hall–Kier alpha value is -3.05. The standard InChI is InChI=1S/C24H29N3O2/c1-2-25-24(26-15-14-23-9-6-16-29-23)27-17-20-10-12-22(13-11-20)19-28-18-21-7-4-3-5-8-21/h3-13,16H,2,14-15,17-19H2,1H3,(H2,25,26,27). The number of ether oxygens (including phenoxy) is 1. The van der Waals surface area contributed by atoms with E-state index >= 15 is 0 Å². The number of aliphatic imine (C=N–C) groups is 1. The van der Waals surface area contributed by atoms with E-state index in [0.29, 0.717) is 19.8 Å². The first kappa shape index (κ1) is 20.7. The lowest BCUT2D eigenvalue weighted by Gasteiger charge is -2.11. The maximum atomic E-state index is 5.80. The van der Waals surface area contributed by atoms with E-state index in [2.05, 4.69) is 58.9 Å². The van der Waals surface area contributed by atoms with Gasteiger partial charge in [0.1, 0.15) is 5.76 Å². The van der Waals surface area contributed by atoms with Crippen molar-refractivity contribution in [2.24, 2.45) is 4.99 Å². The van der Waals surface area contributed by atoms with Gasteiger partial charge in [-0.05, 0) is 35.7 Å². The van der Waals surface area contributed by atoms with Crippen LogP contribution in [0.4, 0.5) is 0 Å². The van der Waals surface area contributed by atoms with Gasteiger partial charge in [-0.2, -0.15) is 0 Å². The van der Waals surface area contributed by atoms with Crippen LogP contribution in [0.15, 0.2) is 82.4 Å². The number of furan rings is 1. The van der Waals surface area contributed by atoms with Crippen molar-refractivity contribution in [3.05, 3.63) is 95.4 Å². The summed E-state index contributed by atoms with van der Waals surface area (Å²) in [6.45, 7) is 5.52. The van der Waals surface area contributed by atoms with Gasteiger partial charge in [-0.15, -0.1) is 0 Å². The quantitative estimate of drug-likeness (QED) is 0.400. The molecule has 0 bridgehead atoms. The van der Waals surface area contributed by atoms with Gasteiger partial charge in [0.25, 0.3) is 0 Å². The molecule has 0 radical (unpaired) electrons. The maximum absolute atomic E-state index is 5.80. The van der Waals surface area contributed by atoms with Gasteiger partial charge in [0.05, 0.1) is 26.0 Å². The largest absolute Gasteiger partial charge is 0.469 e. The number of hydrogen-bond acceptors (Lipinski definition) is 3. The van der Waals surface area contributed by atoms with Gasteiger partial charge in [0.2, 0.25) is 0 Å². The zero-order valence-electron chi connectivity index (χ0n) is 16.9. The Morgan fingerprint density at radius 1 is 0.862 bits per heavy atom. The van der Waals surface area contributed by atoms with Crippen LogP contribution < -0.4 is 10.6 Å². The van der Waals surface area contributed by atoms with Gasteiger partial charge in [-0.3, -0.25) is 0 Å². The summed E-state index contributed by atoms with van der Waals surface area (Å²) in [4.78, 5) is 4.67. The van der Waals surface area contributed by atoms with Crippen LogP contribution in [-0.4, -0.2) is 19.0 Å². The molecule has 5 heteroatoms. The summed E-state index contributed by atoms with van der Waals surface area (Å²) in [7, 11) is 0. The molecule has 0 amide bonds. The molecule has 29 heavy (non-hydrogen) atoms. The predicted octanol–water partition coefficient (Wildman–Crippen LogP) is 4.29. The minimum atomic E-state index is 0.607. The molecule has 0 saturated heterocycles. The number of guanidine groups is 1. The van der Waals surface area contributed by atoms with Crippen LogP contribution in [0.2, 0.25) is 0 Å². The average molecular weight is 392 g/mol. The Labute approximate surface area is 172 Å². The molecule has 1 heterocycles. The highest BCUT2D eigenvalue weighted by molar-refractivity contribution is 5.79. The Morgan fingerprint density at radius 2 is 1.59 bits per heavy atom. The minimum absolute atomic E-state index is 0.607. The lowest BCUT2D eigenvalue weighted by atomic mass is 10.1. The molecule has 0 aliphatic carbocycles. The second-order valence-corrected chi connectivity index (χ2v) is 6.75. The Morgan fingerprint density at radius 3 is 2.28 bits per heavy atom. The van der Waals surface area contributed by atoms with Gasteiger partial charge < -0.3 is 19.8 Å². The zero-order valence-corrected chi connectivity index (χ0v) is 16.9. The Kier molecular flexibility index (Phi) is 8.35. The maximum Gasteiger partial charge on any atom is 0.191 e. The summed E-state index contributed by atoms with van der Waals surface area (Å²) < 4.78 is 11.2. The van der Waals surface area contributed by atoms with Crippen molar-refractivity contribution in [2.75, 3.05) is 13.1 Å². The van der Waals surface area contributed by atoms with Crippen molar-refractivity contribution >= 4 is 5.96 Å². The van der Waals surface area contributed by atoms with Crippen LogP contribution >= 0.6 is 0 Å². The topological polar surface area (TPSA) is 58.8 Å². The second-order valence-electron chi connectivity index (χ2n) is 6.75. The summed E-state index contributed by atoms with van der Waals surface area (Å²) in [5.41, 5.74) is 3.52. The van der Waals surface area contributed by atoms with Gasteiger partial charge in [-0.1, -0.05) is 54.6 Å². The fourth-order valence-corrected chi connectivity index (χ4v) is 2.87. The third-order valence-electron chi connectivity index (χ3n) is 4.41. The fourth-order valence-electron chi connectivity index (χ4n) is 2.87. The van der Waals surface area contributed by atoms with E-state index in [0.717, 1.165) is 36.8 Å². The van der Waals surface area contributed by atoms with Crippen LogP contribution in [0.3, 0.4) is 0 Å². The number of nitrogens with zero attached hydrogens (tertiary/aromatic N) is 1. The number of benzene rings is 2. The van der Waals surface area contributed by atoms with Crippen LogP contribution in [0, 0.1) is 0 Å². The molecule has 0 fully saturated rings. The van der Waals surface area contributed by atoms with E-state index in [9.17, 15) is 0 Å². The van der Waals surface area contributed by atoms with Gasteiger partial charge in [0, 0.05) is 19.5 Å². The number of rotatable bonds is 10. The summed E-state index contributed by atoms with van der Waals surface area (Å²) in [5.74, 6) is 1.78. The molecule has 2 N–H and O–H groups in total. The van der Waals surface area contributed by atoms with Crippen molar-refractivity contribution < 1.29 is 9.15 Å². The third kappa shape index (κ3) is 7.47. The van der Waals surface area contributed by atoms with E-state index in [1.54, 1.807) is 6.26 Å². The van der Waals surface area contributed by atoms with Crippen molar-refractivity contribution in [3.63, 3.8) is 0 Å². The molecule has 3 rings (SSSR count). The minimum Gasteiger partial charge on any atom is -0.469 e. The normalized spacial score (nSPS) is 11.4. The summed E-state index contributed by atoms with van der Waals surface area (Å²) >= 11 is 0. The molecule has 0 unspecified atom stereocenters. The highest BCUT2D eigenvalue weighted by Crippen LogP contribution is 2.09. The van der Waals surface area contributed by atoms with Crippen molar-refractivity contribution in [1.82, 2.24) is 10.6 Å². The molecule has 152 valence electrons. The molecule has 1 aromatic heterocycles. The SMILES string of the molecule is CCNC(=NCc1ccc(COCc2ccccc2)cc1)NCCc1ccco1. The van der Waals surface area contributed by atoms with Gasteiger partial charge in [0.15, 0.2) is 5.96 Å². The molecule has 0 atom stereocenters. The highest BCUT2D eigenvalue weighted by Gasteiger charge is 2.01. The molecule has 3 aromatic rings. The molecule has 0 saturated carbocycles. The first-order chi connectivity index (χ1) is 14.3. The first-order valence-electron chi connectivity index (χ1n) is 10.1. The smallest absolute Gasteiger partial charge is 0.191 e. The van der Waals surface area contributed by atoms with E-state index in [1.165, 1.54) is 11.1 Å². The van der Waals surface area contributed by atoms with Crippen LogP contribution in [0.25, 0.3) is 0 Å². The highest BCUT2D eigenvalue weighted by atomic mass is 16.5. The molecular formula is C24H29N3O2. The van der Waals surface area contributed by atoms with Crippen LogP contribution in [-0.2, 0) is 30.9 Å². The molecule has 0 spiro atoms. The van der Waals surface area contributed by atoms with Crippen molar-refractivity contribution in [1.29, 1.82) is 0 Å². The lowest BCUT2D eigenvalue weighted by molar-refractivity contribution is 0.107. The van der Waals surface area contributed by atoms with E-state index in [1.807, 2.05) is 30.3 Å². The van der Waals surface area contributed by atoms with Crippen LogP contribution in [0.5, 0.6) is 0 Å². The van der Waals surface area contributed by atoms with Gasteiger partial charge in [-0.25, -0.2) is 4.99 Å². The fraction of sp³-hybridized carbons (Fsp3) is 0.292. The van der Waals surface area contributed by atoms with Gasteiger partial charge >= 0.3 is 0 Å². The molecule has 2 aromatic carbocycles. The summed E-state index contributed by atoms with van der Waals surface area (Å²) in [6.07, 6.45) is 2.53. The average Bonchev–Trinajstić information content (AvgIpc) is 3.27. The van der Waals surface area contributed by atoms with Crippen LogP contribution in [0.1, 0.15) is 29.4 Å². The number of hydrogen-bond donors (Lipinski definition) is 2. The van der Waals surface area contributed by atoms with E-state index < -0.39 is 0 Å². The first-order valence-corrected chi connectivity index (χ1v) is 10.1. The summed E-state index contributed by atoms with van der Waals surface area (Å²) in [6, 6.07) is 22.5. The summed E-state index contributed by atoms with van der Waals surface area (Å²) in [5, 5.41) is 6.62. The molecule has 0 aliphatic rings.